The van der Waals surface area contributed by atoms with Crippen molar-refractivity contribution in [2.24, 2.45) is 0 Å². The Morgan fingerprint density at radius 2 is 1.97 bits per heavy atom. The van der Waals surface area contributed by atoms with Crippen molar-refractivity contribution in [1.29, 1.82) is 0 Å². The second-order valence-electron chi connectivity index (χ2n) is 6.18. The molecule has 3 aromatic rings. The van der Waals surface area contributed by atoms with Gasteiger partial charge in [0.05, 0.1) is 23.4 Å². The summed E-state index contributed by atoms with van der Waals surface area (Å²) in [5.74, 6) is -1.24. The van der Waals surface area contributed by atoms with Crippen LogP contribution in [-0.4, -0.2) is 27.2 Å². The molecule has 0 saturated carbocycles. The number of aliphatic hydroxyl groups excluding tert-OH is 1. The van der Waals surface area contributed by atoms with E-state index in [4.69, 9.17) is 0 Å². The van der Waals surface area contributed by atoms with E-state index in [1.54, 1.807) is 13.1 Å². The number of hydrogen-bond acceptors (Lipinski definition) is 5. The lowest BCUT2D eigenvalue weighted by molar-refractivity contribution is -0.206. The lowest BCUT2D eigenvalue weighted by Gasteiger charge is -2.17. The lowest BCUT2D eigenvalue weighted by Crippen LogP contribution is -2.24. The van der Waals surface area contributed by atoms with Crippen molar-refractivity contribution in [2.45, 2.75) is 25.7 Å². The summed E-state index contributed by atoms with van der Waals surface area (Å²) in [6.07, 6.45) is -5.19. The van der Waals surface area contributed by atoms with Gasteiger partial charge in [-0.15, -0.1) is 11.3 Å². The molecule has 2 N–H and O–H groups in total. The van der Waals surface area contributed by atoms with Crippen molar-refractivity contribution >= 4 is 17.2 Å². The number of aryl methyl sites for hydroxylation is 1. The van der Waals surface area contributed by atoms with E-state index in [2.05, 4.69) is 15.3 Å². The summed E-state index contributed by atoms with van der Waals surface area (Å²) in [4.78, 5) is 21.2. The molecule has 0 aliphatic heterocycles. The number of aromatic nitrogens is 2. The molecule has 1 amide bonds. The highest BCUT2D eigenvalue weighted by Crippen LogP contribution is 2.34. The second kappa shape index (κ2) is 8.26. The monoisotopic (exact) mass is 425 g/mol. The van der Waals surface area contributed by atoms with Crippen LogP contribution in [0.5, 0.6) is 0 Å². The number of thiazole rings is 1. The fraction of sp³-hybridized carbons (Fsp3) is 0.211. The van der Waals surface area contributed by atoms with Gasteiger partial charge in [0.1, 0.15) is 5.82 Å². The largest absolute Gasteiger partial charge is 0.418 e. The van der Waals surface area contributed by atoms with Gasteiger partial charge in [0.15, 0.2) is 6.10 Å². The van der Waals surface area contributed by atoms with Gasteiger partial charge in [-0.1, -0.05) is 0 Å². The molecule has 0 aliphatic carbocycles. The molecule has 2 heterocycles. The number of pyridine rings is 1. The van der Waals surface area contributed by atoms with Crippen LogP contribution in [0.25, 0.3) is 11.3 Å². The third-order valence-electron chi connectivity index (χ3n) is 3.96. The standard InChI is InChI=1S/C19H15F4N3O2S/c1-10-24-8-15(29-10)9-26-18(28)13-5-11(16-3-2-14(20)7-25-16)4-12(6-13)17(27)19(21,22)23/h2-8,17,27H,9H2,1H3,(H,26,28). The van der Waals surface area contributed by atoms with E-state index in [0.717, 1.165) is 34.3 Å². The molecule has 1 atom stereocenters. The van der Waals surface area contributed by atoms with Crippen molar-refractivity contribution in [3.05, 3.63) is 69.6 Å². The molecule has 10 heteroatoms. The van der Waals surface area contributed by atoms with Gasteiger partial charge in [-0.3, -0.25) is 9.78 Å². The first-order valence-corrected chi connectivity index (χ1v) is 9.16. The molecule has 0 saturated heterocycles. The summed E-state index contributed by atoms with van der Waals surface area (Å²) in [5.41, 5.74) is -0.299. The van der Waals surface area contributed by atoms with Gasteiger partial charge in [0, 0.05) is 22.2 Å². The minimum atomic E-state index is -4.91. The van der Waals surface area contributed by atoms with Crippen LogP contribution in [0, 0.1) is 12.7 Å². The van der Waals surface area contributed by atoms with Gasteiger partial charge < -0.3 is 10.4 Å². The van der Waals surface area contributed by atoms with Crippen LogP contribution in [0.2, 0.25) is 0 Å². The van der Waals surface area contributed by atoms with Gasteiger partial charge in [-0.25, -0.2) is 9.37 Å². The van der Waals surface area contributed by atoms with E-state index in [0.29, 0.717) is 0 Å². The minimum absolute atomic E-state index is 0.0897. The average molecular weight is 425 g/mol. The zero-order valence-electron chi connectivity index (χ0n) is 15.0. The predicted molar refractivity (Wildman–Crippen MR) is 98.7 cm³/mol. The van der Waals surface area contributed by atoms with E-state index >= 15 is 0 Å². The molecular weight excluding hydrogens is 410 g/mol. The number of carbonyl (C=O) groups excluding carboxylic acids is 1. The summed E-state index contributed by atoms with van der Waals surface area (Å²) >= 11 is 1.38. The fourth-order valence-corrected chi connectivity index (χ4v) is 3.32. The Bertz CT molecular complexity index is 1020. The molecule has 29 heavy (non-hydrogen) atoms. The van der Waals surface area contributed by atoms with Crippen molar-refractivity contribution < 1.29 is 27.5 Å². The Morgan fingerprint density at radius 1 is 1.21 bits per heavy atom. The first-order valence-electron chi connectivity index (χ1n) is 8.34. The number of aliphatic hydroxyl groups is 1. The second-order valence-corrected chi connectivity index (χ2v) is 7.50. The van der Waals surface area contributed by atoms with Crippen LogP contribution in [0.3, 0.4) is 0 Å². The number of hydrogen-bond donors (Lipinski definition) is 2. The lowest BCUT2D eigenvalue weighted by atomic mass is 9.99. The molecular formula is C19H15F4N3O2S. The predicted octanol–water partition coefficient (Wildman–Crippen LogP) is 4.18. The molecule has 3 rings (SSSR count). The SMILES string of the molecule is Cc1ncc(CNC(=O)c2cc(-c3ccc(F)cn3)cc(C(O)C(F)(F)F)c2)s1. The minimum Gasteiger partial charge on any atom is -0.379 e. The summed E-state index contributed by atoms with van der Waals surface area (Å²) in [7, 11) is 0. The summed E-state index contributed by atoms with van der Waals surface area (Å²) in [6, 6.07) is 5.75. The number of amides is 1. The highest BCUT2D eigenvalue weighted by atomic mass is 32.1. The number of halogens is 4. The van der Waals surface area contributed by atoms with Crippen molar-refractivity contribution in [2.75, 3.05) is 0 Å². The number of nitrogens with one attached hydrogen (secondary N) is 1. The topological polar surface area (TPSA) is 75.1 Å². The third-order valence-corrected chi connectivity index (χ3v) is 4.87. The van der Waals surface area contributed by atoms with Gasteiger partial charge in [0.2, 0.25) is 0 Å². The van der Waals surface area contributed by atoms with Crippen LogP contribution < -0.4 is 5.32 Å². The van der Waals surface area contributed by atoms with E-state index in [1.165, 1.54) is 23.5 Å². The Kier molecular flexibility index (Phi) is 5.94. The molecule has 1 aromatic carbocycles. The smallest absolute Gasteiger partial charge is 0.379 e. The quantitative estimate of drug-likeness (QED) is 0.602. The number of benzene rings is 1. The Labute approximate surface area is 167 Å². The summed E-state index contributed by atoms with van der Waals surface area (Å²) in [6.45, 7) is 1.96. The summed E-state index contributed by atoms with van der Waals surface area (Å²) < 4.78 is 52.1. The first-order chi connectivity index (χ1) is 13.6. The molecule has 1 unspecified atom stereocenters. The van der Waals surface area contributed by atoms with Gasteiger partial charge >= 0.3 is 6.18 Å². The molecule has 0 aliphatic rings. The van der Waals surface area contributed by atoms with Crippen molar-refractivity contribution in [1.82, 2.24) is 15.3 Å². The van der Waals surface area contributed by atoms with Crippen LogP contribution in [-0.2, 0) is 6.54 Å². The van der Waals surface area contributed by atoms with E-state index in [1.807, 2.05) is 0 Å². The molecule has 0 spiro atoms. The zero-order chi connectivity index (χ0) is 21.2. The summed E-state index contributed by atoms with van der Waals surface area (Å²) in [5, 5.41) is 13.1. The number of alkyl halides is 3. The maximum atomic E-state index is 13.1. The Balaban J connectivity index is 1.94. The van der Waals surface area contributed by atoms with Crippen LogP contribution in [0.1, 0.15) is 31.9 Å². The highest BCUT2D eigenvalue weighted by Gasteiger charge is 2.39. The molecule has 0 bridgehead atoms. The molecule has 0 fully saturated rings. The fourth-order valence-electron chi connectivity index (χ4n) is 2.58. The van der Waals surface area contributed by atoms with Gasteiger partial charge in [0.25, 0.3) is 5.91 Å². The van der Waals surface area contributed by atoms with E-state index < -0.39 is 29.6 Å². The zero-order valence-corrected chi connectivity index (χ0v) is 15.8. The average Bonchev–Trinajstić information content (AvgIpc) is 3.10. The number of nitrogens with zero attached hydrogens (tertiary/aromatic N) is 2. The molecule has 2 aromatic heterocycles. The Morgan fingerprint density at radius 3 is 2.55 bits per heavy atom. The van der Waals surface area contributed by atoms with Crippen molar-refractivity contribution in [3.8, 4) is 11.3 Å². The normalized spacial score (nSPS) is 12.6. The van der Waals surface area contributed by atoms with Crippen LogP contribution in [0.15, 0.2) is 42.7 Å². The van der Waals surface area contributed by atoms with Gasteiger partial charge in [-0.05, 0) is 42.8 Å². The molecule has 5 nitrogen and oxygen atoms in total. The number of rotatable bonds is 5. The van der Waals surface area contributed by atoms with Crippen molar-refractivity contribution in [3.63, 3.8) is 0 Å². The molecule has 0 radical (unpaired) electrons. The van der Waals surface area contributed by atoms with Gasteiger partial charge in [-0.2, -0.15) is 13.2 Å². The third kappa shape index (κ3) is 5.15. The molecule has 152 valence electrons. The van der Waals surface area contributed by atoms with E-state index in [-0.39, 0.29) is 23.4 Å². The maximum Gasteiger partial charge on any atom is 0.418 e. The number of carbonyl (C=O) groups is 1. The first kappa shape index (κ1) is 20.9. The van der Waals surface area contributed by atoms with Crippen LogP contribution >= 0.6 is 11.3 Å². The van der Waals surface area contributed by atoms with E-state index in [9.17, 15) is 27.5 Å². The van der Waals surface area contributed by atoms with Crippen LogP contribution in [0.4, 0.5) is 17.6 Å². The Hall–Kier alpha value is -2.85. The highest BCUT2D eigenvalue weighted by molar-refractivity contribution is 7.11. The maximum absolute atomic E-state index is 13.1.